The van der Waals surface area contributed by atoms with Gasteiger partial charge in [0.15, 0.2) is 5.75 Å². The molecule has 2 amide bonds. The van der Waals surface area contributed by atoms with Crippen LogP contribution in [0.25, 0.3) is 0 Å². The van der Waals surface area contributed by atoms with Gasteiger partial charge in [-0.05, 0) is 24.3 Å². The highest BCUT2D eigenvalue weighted by Crippen LogP contribution is 2.39. The third kappa shape index (κ3) is 10.7. The summed E-state index contributed by atoms with van der Waals surface area (Å²) < 4.78 is 202. The van der Waals surface area contributed by atoms with Crippen LogP contribution >= 0.6 is 0 Å². The van der Waals surface area contributed by atoms with Crippen LogP contribution in [0.5, 0.6) is 11.5 Å². The molecule has 0 spiro atoms. The number of rotatable bonds is 12. The Labute approximate surface area is 291 Å². The van der Waals surface area contributed by atoms with Crippen molar-refractivity contribution in [3.8, 4) is 11.5 Å². The molecule has 10 nitrogen and oxygen atoms in total. The Bertz CT molecular complexity index is 1930. The lowest BCUT2D eigenvalue weighted by molar-refractivity contribution is -0.304. The highest BCUT2D eigenvalue weighted by molar-refractivity contribution is 6.06. The van der Waals surface area contributed by atoms with Crippen molar-refractivity contribution >= 4 is 23.2 Å². The number of carbonyl (C=O) groups is 2. The van der Waals surface area contributed by atoms with E-state index in [4.69, 9.17) is 0 Å². The summed E-state index contributed by atoms with van der Waals surface area (Å²) in [5.74, 6) is -5.80. The summed E-state index contributed by atoms with van der Waals surface area (Å²) in [4.78, 5) is 24.3. The number of ether oxygens (including phenoxy) is 2. The van der Waals surface area contributed by atoms with Crippen LogP contribution in [0.15, 0.2) is 54.9 Å². The van der Waals surface area contributed by atoms with Gasteiger partial charge < -0.3 is 20.1 Å². The third-order valence-electron chi connectivity index (χ3n) is 6.27. The predicted molar refractivity (Wildman–Crippen MR) is 153 cm³/mol. The lowest BCUT2D eigenvalue weighted by Gasteiger charge is -2.24. The number of anilines is 2. The van der Waals surface area contributed by atoms with E-state index in [-0.39, 0.29) is 6.07 Å². The van der Waals surface area contributed by atoms with Gasteiger partial charge in [0.05, 0.1) is 22.5 Å². The van der Waals surface area contributed by atoms with Gasteiger partial charge in [-0.15, -0.1) is 0 Å². The smallest absolute Gasteiger partial charge is 0.428 e. The fourth-order valence-electron chi connectivity index (χ4n) is 3.99. The average Bonchev–Trinajstić information content (AvgIpc) is 3.65. The van der Waals surface area contributed by atoms with Gasteiger partial charge in [-0.2, -0.15) is 49.7 Å². The lowest BCUT2D eigenvalue weighted by Crippen LogP contribution is -2.45. The van der Waals surface area contributed by atoms with Gasteiger partial charge >= 0.3 is 24.8 Å². The number of halogens is 15. The number of nitrogens with one attached hydrogen (secondary N) is 2. The van der Waals surface area contributed by atoms with E-state index in [1.165, 1.54) is 26.2 Å². The zero-order valence-electron chi connectivity index (χ0n) is 26.6. The average molecular weight is 802 g/mol. The Hall–Kier alpha value is -5.65. The number of aryl methyl sites for hydroxylation is 2. The summed E-state index contributed by atoms with van der Waals surface area (Å²) in [7, 11) is 2.51. The quantitative estimate of drug-likeness (QED) is 0.139. The normalized spacial score (nSPS) is 12.7. The molecule has 54 heavy (non-hydrogen) atoms. The van der Waals surface area contributed by atoms with E-state index in [1.807, 2.05) is 5.32 Å². The molecule has 0 bridgehead atoms. The summed E-state index contributed by atoms with van der Waals surface area (Å²) in [5, 5.41) is 10.6. The van der Waals surface area contributed by atoms with Crippen LogP contribution in [0.3, 0.4) is 0 Å². The van der Waals surface area contributed by atoms with E-state index in [2.05, 4.69) is 25.0 Å². The number of alkyl halides is 14. The van der Waals surface area contributed by atoms with Crippen LogP contribution in [0.2, 0.25) is 0 Å². The molecule has 2 N–H and O–H groups in total. The van der Waals surface area contributed by atoms with Crippen molar-refractivity contribution in [3.63, 3.8) is 0 Å². The van der Waals surface area contributed by atoms with Gasteiger partial charge in [-0.25, -0.2) is 26.3 Å². The molecule has 2 aromatic heterocycles. The summed E-state index contributed by atoms with van der Waals surface area (Å²) in [6.07, 6.45) is -29.5. The Balaban J connectivity index is 0.000000294. The highest BCUT2D eigenvalue weighted by Gasteiger charge is 2.59. The second-order valence-corrected chi connectivity index (χ2v) is 10.4. The molecule has 0 aliphatic carbocycles. The minimum absolute atomic E-state index is 0.157. The van der Waals surface area contributed by atoms with Crippen LogP contribution in [0.1, 0.15) is 45.0 Å². The summed E-state index contributed by atoms with van der Waals surface area (Å²) in [5.41, 5.74) is -4.18. The van der Waals surface area contributed by atoms with E-state index >= 15 is 0 Å². The molecule has 0 aliphatic rings. The topological polar surface area (TPSA) is 112 Å². The molecule has 2 heterocycles. The molecule has 4 rings (SSSR count). The molecule has 1 atom stereocenters. The van der Waals surface area contributed by atoms with E-state index < -0.39 is 107 Å². The first-order valence-corrected chi connectivity index (χ1v) is 14.1. The maximum atomic E-state index is 13.5. The van der Waals surface area contributed by atoms with Gasteiger partial charge in [0, 0.05) is 32.6 Å². The van der Waals surface area contributed by atoms with Gasteiger partial charge in [-0.3, -0.25) is 19.0 Å². The minimum atomic E-state index is -6.00. The molecule has 0 saturated heterocycles. The predicted octanol–water partition coefficient (Wildman–Crippen LogP) is 8.47. The third-order valence-corrected chi connectivity index (χ3v) is 6.27. The van der Waals surface area contributed by atoms with Crippen LogP contribution in [0.4, 0.5) is 77.2 Å². The van der Waals surface area contributed by atoms with Crippen molar-refractivity contribution in [3.05, 3.63) is 83.2 Å². The standard InChI is InChI=1S/C15H10F9N3O2.C14H11F6N3O2/c1-27-5-7(10(26-27)11(17)18)12(28)25-8-3-2-6(16)4-9(8)29-15(23,24)13(19)14(20,21)22;1-23-6-7(10(22-23)11(15)16)12(24)21-8-4-2-3-5-9(8)25-14(19,20)13(17)18/h2-5,11,13H,1H3,(H,25,28);2-6,11,13H,1H3,(H,21,24). The Morgan fingerprint density at radius 1 is 0.667 bits per heavy atom. The molecule has 0 aliphatic heterocycles. The summed E-state index contributed by atoms with van der Waals surface area (Å²) in [6, 6.07) is 5.90. The Morgan fingerprint density at radius 2 is 1.11 bits per heavy atom. The van der Waals surface area contributed by atoms with Gasteiger partial charge in [0.2, 0.25) is 0 Å². The Kier molecular flexibility index (Phi) is 13.1. The number of carbonyl (C=O) groups excluding carboxylic acids is 2. The molecule has 0 radical (unpaired) electrons. The molecule has 296 valence electrons. The lowest BCUT2D eigenvalue weighted by atomic mass is 10.2. The fourth-order valence-corrected chi connectivity index (χ4v) is 3.99. The molecule has 0 saturated carbocycles. The Morgan fingerprint density at radius 3 is 1.56 bits per heavy atom. The minimum Gasteiger partial charge on any atom is -0.428 e. The van der Waals surface area contributed by atoms with Crippen molar-refractivity contribution in [2.75, 3.05) is 10.6 Å². The zero-order valence-corrected chi connectivity index (χ0v) is 26.6. The summed E-state index contributed by atoms with van der Waals surface area (Å²) in [6.45, 7) is 0. The number of hydrogen-bond acceptors (Lipinski definition) is 6. The number of aromatic nitrogens is 4. The van der Waals surface area contributed by atoms with Crippen LogP contribution in [-0.2, 0) is 14.1 Å². The van der Waals surface area contributed by atoms with Crippen molar-refractivity contribution in [2.45, 2.75) is 43.8 Å². The number of hydrogen-bond donors (Lipinski definition) is 2. The van der Waals surface area contributed by atoms with Gasteiger partial charge in [0.25, 0.3) is 30.8 Å². The van der Waals surface area contributed by atoms with Crippen LogP contribution in [0, 0.1) is 5.82 Å². The number of benzene rings is 2. The van der Waals surface area contributed by atoms with Crippen molar-refractivity contribution in [1.29, 1.82) is 0 Å². The fraction of sp³-hybridized carbons (Fsp3) is 0.310. The first-order chi connectivity index (χ1) is 24.8. The number of amides is 2. The summed E-state index contributed by atoms with van der Waals surface area (Å²) >= 11 is 0. The second-order valence-electron chi connectivity index (χ2n) is 10.4. The zero-order chi connectivity index (χ0) is 40.9. The SMILES string of the molecule is Cn1cc(C(=O)Nc2ccc(F)cc2OC(F)(F)C(F)C(F)(F)F)c(C(F)F)n1.Cn1cc(C(=O)Nc2ccccc2OC(F)(F)C(F)F)c(C(F)F)n1. The monoisotopic (exact) mass is 802 g/mol. The van der Waals surface area contributed by atoms with Crippen molar-refractivity contribution < 1.29 is 84.9 Å². The molecule has 1 unspecified atom stereocenters. The maximum absolute atomic E-state index is 13.5. The first kappa shape index (κ1) is 42.8. The van der Waals surface area contributed by atoms with Crippen LogP contribution in [-0.4, -0.2) is 62.4 Å². The molecule has 2 aromatic carbocycles. The second kappa shape index (κ2) is 16.6. The van der Waals surface area contributed by atoms with Crippen molar-refractivity contribution in [1.82, 2.24) is 19.6 Å². The number of para-hydroxylation sites is 2. The molecule has 4 aromatic rings. The number of nitrogens with zero attached hydrogens (tertiary/aromatic N) is 4. The van der Waals surface area contributed by atoms with E-state index in [0.29, 0.717) is 12.1 Å². The van der Waals surface area contributed by atoms with E-state index in [9.17, 15) is 75.4 Å². The van der Waals surface area contributed by atoms with E-state index in [1.54, 1.807) is 0 Å². The van der Waals surface area contributed by atoms with Gasteiger partial charge in [0.1, 0.15) is 23.0 Å². The maximum Gasteiger partial charge on any atom is 0.461 e. The molecular weight excluding hydrogens is 781 g/mol. The molecule has 25 heteroatoms. The van der Waals surface area contributed by atoms with Crippen LogP contribution < -0.4 is 20.1 Å². The highest BCUT2D eigenvalue weighted by atomic mass is 19.4. The molecular formula is C29H21F15N6O4. The first-order valence-electron chi connectivity index (χ1n) is 14.1. The van der Waals surface area contributed by atoms with E-state index in [0.717, 1.165) is 33.9 Å². The molecule has 0 fully saturated rings. The largest absolute Gasteiger partial charge is 0.461 e. The van der Waals surface area contributed by atoms with Gasteiger partial charge in [-0.1, -0.05) is 12.1 Å². The van der Waals surface area contributed by atoms with Crippen molar-refractivity contribution in [2.24, 2.45) is 14.1 Å².